The number of nitrogens with one attached hydrogen (secondary N) is 2. The third-order valence-electron chi connectivity index (χ3n) is 4.53. The summed E-state index contributed by atoms with van der Waals surface area (Å²) in [4.78, 5) is 12.3. The lowest BCUT2D eigenvalue weighted by Gasteiger charge is -2.35. The second kappa shape index (κ2) is 8.51. The number of hydrogen-bond donors (Lipinski definition) is 2. The Bertz CT molecular complexity index is 459. The molecule has 0 aromatic heterocycles. The maximum absolute atomic E-state index is 12.3. The standard InChI is InChI=1S/C17H24N2O2.ClH/c20-16(11-15-12-21-10-9-18-15)19-17(14-7-4-8-14)13-5-2-1-3-6-13;/h1-3,5-6,14-15,17-18H,4,7-12H2,(H,19,20);1H. The van der Waals surface area contributed by atoms with E-state index in [4.69, 9.17) is 4.74 Å². The minimum absolute atomic E-state index is 0. The third-order valence-corrected chi connectivity index (χ3v) is 4.53. The second-order valence-corrected chi connectivity index (χ2v) is 6.08. The van der Waals surface area contributed by atoms with Gasteiger partial charge >= 0.3 is 0 Å². The first kappa shape index (κ1) is 17.3. The molecule has 2 unspecified atom stereocenters. The van der Waals surface area contributed by atoms with Gasteiger partial charge in [0.15, 0.2) is 0 Å². The first-order valence-electron chi connectivity index (χ1n) is 7.98. The van der Waals surface area contributed by atoms with E-state index in [2.05, 4.69) is 22.8 Å². The molecule has 0 bridgehead atoms. The smallest absolute Gasteiger partial charge is 0.222 e. The van der Waals surface area contributed by atoms with Crippen LogP contribution in [0.15, 0.2) is 30.3 Å². The molecule has 2 fully saturated rings. The summed E-state index contributed by atoms with van der Waals surface area (Å²) in [6.45, 7) is 2.21. The number of benzene rings is 1. The van der Waals surface area contributed by atoms with Gasteiger partial charge in [0.2, 0.25) is 5.91 Å². The van der Waals surface area contributed by atoms with Crippen LogP contribution in [0.25, 0.3) is 0 Å². The molecule has 0 spiro atoms. The van der Waals surface area contributed by atoms with Crippen LogP contribution in [0.1, 0.15) is 37.3 Å². The Balaban J connectivity index is 0.00000176. The number of carbonyl (C=O) groups is 1. The van der Waals surface area contributed by atoms with Gasteiger partial charge < -0.3 is 15.4 Å². The van der Waals surface area contributed by atoms with Gasteiger partial charge in [-0.2, -0.15) is 0 Å². The molecule has 1 heterocycles. The van der Waals surface area contributed by atoms with E-state index in [0.29, 0.717) is 18.9 Å². The first-order chi connectivity index (χ1) is 10.3. The van der Waals surface area contributed by atoms with E-state index in [-0.39, 0.29) is 30.4 Å². The van der Waals surface area contributed by atoms with E-state index in [1.54, 1.807) is 0 Å². The number of ether oxygens (including phenoxy) is 1. The molecule has 3 rings (SSSR count). The van der Waals surface area contributed by atoms with Gasteiger partial charge in [0.05, 0.1) is 19.3 Å². The molecule has 1 saturated heterocycles. The van der Waals surface area contributed by atoms with Crippen molar-refractivity contribution in [2.45, 2.75) is 37.8 Å². The Morgan fingerprint density at radius 2 is 2.09 bits per heavy atom. The fourth-order valence-corrected chi connectivity index (χ4v) is 3.11. The molecule has 5 heteroatoms. The lowest BCUT2D eigenvalue weighted by Crippen LogP contribution is -2.45. The number of hydrogen-bond acceptors (Lipinski definition) is 3. The number of carbonyl (C=O) groups excluding carboxylic acids is 1. The zero-order chi connectivity index (χ0) is 14.5. The summed E-state index contributed by atoms with van der Waals surface area (Å²) >= 11 is 0. The van der Waals surface area contributed by atoms with Crippen molar-refractivity contribution in [2.24, 2.45) is 5.92 Å². The van der Waals surface area contributed by atoms with E-state index in [1.807, 2.05) is 18.2 Å². The highest BCUT2D eigenvalue weighted by atomic mass is 35.5. The van der Waals surface area contributed by atoms with Crippen molar-refractivity contribution in [1.82, 2.24) is 10.6 Å². The van der Waals surface area contributed by atoms with Crippen LogP contribution in [0.3, 0.4) is 0 Å². The Morgan fingerprint density at radius 1 is 1.32 bits per heavy atom. The molecular weight excluding hydrogens is 300 g/mol. The normalized spacial score (nSPS) is 23.0. The average Bonchev–Trinajstić information content (AvgIpc) is 2.47. The molecule has 2 atom stereocenters. The fourth-order valence-electron chi connectivity index (χ4n) is 3.11. The van der Waals surface area contributed by atoms with Crippen molar-refractivity contribution in [1.29, 1.82) is 0 Å². The fraction of sp³-hybridized carbons (Fsp3) is 0.588. The molecule has 1 aliphatic carbocycles. The Labute approximate surface area is 138 Å². The van der Waals surface area contributed by atoms with Crippen LogP contribution in [-0.4, -0.2) is 31.7 Å². The molecule has 22 heavy (non-hydrogen) atoms. The quantitative estimate of drug-likeness (QED) is 0.874. The van der Waals surface area contributed by atoms with Gasteiger partial charge in [-0.3, -0.25) is 4.79 Å². The van der Waals surface area contributed by atoms with Gasteiger partial charge in [0.1, 0.15) is 0 Å². The number of halogens is 1. The highest BCUT2D eigenvalue weighted by Gasteiger charge is 2.30. The van der Waals surface area contributed by atoms with Gasteiger partial charge in [-0.1, -0.05) is 36.8 Å². The van der Waals surface area contributed by atoms with Crippen LogP contribution in [0.5, 0.6) is 0 Å². The van der Waals surface area contributed by atoms with Crippen LogP contribution in [0.2, 0.25) is 0 Å². The molecule has 1 aromatic rings. The number of rotatable bonds is 5. The molecule has 2 aliphatic rings. The van der Waals surface area contributed by atoms with E-state index in [1.165, 1.54) is 24.8 Å². The Morgan fingerprint density at radius 3 is 2.68 bits per heavy atom. The van der Waals surface area contributed by atoms with Crippen molar-refractivity contribution in [3.63, 3.8) is 0 Å². The predicted octanol–water partition coefficient (Wildman–Crippen LogP) is 2.44. The van der Waals surface area contributed by atoms with Crippen molar-refractivity contribution >= 4 is 18.3 Å². The van der Waals surface area contributed by atoms with Gasteiger partial charge in [0, 0.05) is 19.0 Å². The maximum Gasteiger partial charge on any atom is 0.222 e. The largest absolute Gasteiger partial charge is 0.378 e. The van der Waals surface area contributed by atoms with Gasteiger partial charge in [-0.05, 0) is 24.3 Å². The summed E-state index contributed by atoms with van der Waals surface area (Å²) in [5.74, 6) is 0.714. The van der Waals surface area contributed by atoms with Crippen LogP contribution < -0.4 is 10.6 Å². The molecule has 0 radical (unpaired) electrons. The summed E-state index contributed by atoms with van der Waals surface area (Å²) in [5, 5.41) is 6.58. The van der Waals surface area contributed by atoms with E-state index >= 15 is 0 Å². The Hall–Kier alpha value is -1.10. The Kier molecular flexibility index (Phi) is 6.68. The van der Waals surface area contributed by atoms with Crippen molar-refractivity contribution in [2.75, 3.05) is 19.8 Å². The first-order valence-corrected chi connectivity index (χ1v) is 7.98. The molecule has 4 nitrogen and oxygen atoms in total. The van der Waals surface area contributed by atoms with E-state index in [9.17, 15) is 4.79 Å². The van der Waals surface area contributed by atoms with Crippen molar-refractivity contribution < 1.29 is 9.53 Å². The van der Waals surface area contributed by atoms with E-state index in [0.717, 1.165) is 13.2 Å². The molecule has 2 N–H and O–H groups in total. The molecular formula is C17H25ClN2O2. The molecule has 122 valence electrons. The lowest BCUT2D eigenvalue weighted by molar-refractivity contribution is -0.123. The van der Waals surface area contributed by atoms with Gasteiger partial charge in [-0.15, -0.1) is 12.4 Å². The van der Waals surface area contributed by atoms with Crippen LogP contribution >= 0.6 is 12.4 Å². The maximum atomic E-state index is 12.3. The number of morpholine rings is 1. The summed E-state index contributed by atoms with van der Waals surface area (Å²) in [5.41, 5.74) is 1.23. The monoisotopic (exact) mass is 324 g/mol. The highest BCUT2D eigenvalue weighted by Crippen LogP contribution is 2.37. The van der Waals surface area contributed by atoms with E-state index < -0.39 is 0 Å². The minimum Gasteiger partial charge on any atom is -0.378 e. The van der Waals surface area contributed by atoms with Gasteiger partial charge in [0.25, 0.3) is 0 Å². The molecule has 1 amide bonds. The SMILES string of the molecule is Cl.O=C(CC1COCCN1)NC(c1ccccc1)C1CCC1. The summed E-state index contributed by atoms with van der Waals surface area (Å²) in [6, 6.07) is 10.7. The summed E-state index contributed by atoms with van der Waals surface area (Å²) in [7, 11) is 0. The van der Waals surface area contributed by atoms with Crippen LogP contribution in [0, 0.1) is 5.92 Å². The average molecular weight is 325 g/mol. The zero-order valence-corrected chi connectivity index (χ0v) is 13.6. The zero-order valence-electron chi connectivity index (χ0n) is 12.8. The molecule has 1 aliphatic heterocycles. The van der Waals surface area contributed by atoms with Crippen molar-refractivity contribution in [3.8, 4) is 0 Å². The topological polar surface area (TPSA) is 50.4 Å². The predicted molar refractivity (Wildman–Crippen MR) is 89.1 cm³/mol. The number of amides is 1. The molecule has 1 aromatic carbocycles. The lowest BCUT2D eigenvalue weighted by atomic mass is 9.77. The molecule has 1 saturated carbocycles. The van der Waals surface area contributed by atoms with Crippen LogP contribution in [0.4, 0.5) is 0 Å². The van der Waals surface area contributed by atoms with Crippen molar-refractivity contribution in [3.05, 3.63) is 35.9 Å². The summed E-state index contributed by atoms with van der Waals surface area (Å²) in [6.07, 6.45) is 4.20. The third kappa shape index (κ3) is 4.45. The minimum atomic E-state index is 0. The highest BCUT2D eigenvalue weighted by molar-refractivity contribution is 5.85. The van der Waals surface area contributed by atoms with Crippen LogP contribution in [-0.2, 0) is 9.53 Å². The summed E-state index contributed by atoms with van der Waals surface area (Å²) < 4.78 is 5.41. The van der Waals surface area contributed by atoms with Gasteiger partial charge in [-0.25, -0.2) is 0 Å². The second-order valence-electron chi connectivity index (χ2n) is 6.08.